The molecule has 2 unspecified atom stereocenters. The van der Waals surface area contributed by atoms with E-state index in [-0.39, 0.29) is 0 Å². The van der Waals surface area contributed by atoms with Crippen LogP contribution >= 0.6 is 11.3 Å². The topological polar surface area (TPSA) is 15.3 Å². The molecule has 1 saturated carbocycles. The summed E-state index contributed by atoms with van der Waals surface area (Å²) in [5.74, 6) is 0.870. The molecular weight excluding hydrogens is 240 g/mol. The van der Waals surface area contributed by atoms with Gasteiger partial charge in [-0.3, -0.25) is 0 Å². The third-order valence-corrected chi connectivity index (χ3v) is 5.48. The molecular formula is C15H24N2S. The molecule has 2 aliphatic rings. The molecule has 2 atom stereocenters. The van der Waals surface area contributed by atoms with Crippen LogP contribution in [0.15, 0.2) is 17.5 Å². The lowest BCUT2D eigenvalue weighted by molar-refractivity contribution is 0.323. The monoisotopic (exact) mass is 264 g/mol. The second-order valence-electron chi connectivity index (χ2n) is 5.95. The first-order chi connectivity index (χ1) is 8.83. The molecule has 18 heavy (non-hydrogen) atoms. The third kappa shape index (κ3) is 2.79. The molecule has 2 heterocycles. The molecule has 1 aromatic heterocycles. The summed E-state index contributed by atoms with van der Waals surface area (Å²) in [5.41, 5.74) is 0. The summed E-state index contributed by atoms with van der Waals surface area (Å²) in [5, 5.41) is 6.18. The van der Waals surface area contributed by atoms with Crippen molar-refractivity contribution in [1.29, 1.82) is 0 Å². The first-order valence-corrected chi connectivity index (χ1v) is 8.19. The number of thiophene rings is 1. The fraction of sp³-hybridized carbons (Fsp3) is 0.733. The maximum Gasteiger partial charge on any atom is 0.0445 e. The van der Waals surface area contributed by atoms with E-state index in [9.17, 15) is 0 Å². The van der Waals surface area contributed by atoms with E-state index in [0.717, 1.165) is 5.92 Å². The Morgan fingerprint density at radius 2 is 2.17 bits per heavy atom. The quantitative estimate of drug-likeness (QED) is 0.898. The van der Waals surface area contributed by atoms with Gasteiger partial charge in [-0.25, -0.2) is 0 Å². The van der Waals surface area contributed by atoms with Gasteiger partial charge >= 0.3 is 0 Å². The first-order valence-electron chi connectivity index (χ1n) is 7.31. The van der Waals surface area contributed by atoms with Crippen LogP contribution in [0.25, 0.3) is 0 Å². The van der Waals surface area contributed by atoms with E-state index in [0.29, 0.717) is 12.1 Å². The summed E-state index contributed by atoms with van der Waals surface area (Å²) < 4.78 is 0. The van der Waals surface area contributed by atoms with Crippen molar-refractivity contribution < 1.29 is 0 Å². The summed E-state index contributed by atoms with van der Waals surface area (Å²) in [6, 6.07) is 5.83. The molecule has 0 amide bonds. The van der Waals surface area contributed by atoms with Gasteiger partial charge in [0, 0.05) is 23.5 Å². The van der Waals surface area contributed by atoms with Crippen molar-refractivity contribution in [2.24, 2.45) is 5.92 Å². The highest BCUT2D eigenvalue weighted by Crippen LogP contribution is 2.38. The molecule has 2 fully saturated rings. The zero-order valence-corrected chi connectivity index (χ0v) is 12.1. The maximum absolute atomic E-state index is 3.96. The lowest BCUT2D eigenvalue weighted by atomic mass is 9.95. The molecule has 3 heteroatoms. The second-order valence-corrected chi connectivity index (χ2v) is 6.93. The van der Waals surface area contributed by atoms with Crippen molar-refractivity contribution >= 4 is 11.3 Å². The number of nitrogens with one attached hydrogen (secondary N) is 1. The highest BCUT2D eigenvalue weighted by molar-refractivity contribution is 7.10. The molecule has 0 radical (unpaired) electrons. The van der Waals surface area contributed by atoms with Crippen LogP contribution in [-0.4, -0.2) is 31.1 Å². The largest absolute Gasteiger partial charge is 0.305 e. The molecule has 1 aromatic rings. The van der Waals surface area contributed by atoms with E-state index in [4.69, 9.17) is 0 Å². The predicted octanol–water partition coefficient (Wildman–Crippen LogP) is 3.27. The Morgan fingerprint density at radius 1 is 1.33 bits per heavy atom. The lowest BCUT2D eigenvalue weighted by Crippen LogP contribution is -2.37. The van der Waals surface area contributed by atoms with E-state index in [1.54, 1.807) is 4.88 Å². The molecule has 1 aliphatic carbocycles. The van der Waals surface area contributed by atoms with Gasteiger partial charge in [0.2, 0.25) is 0 Å². The van der Waals surface area contributed by atoms with E-state index in [1.807, 2.05) is 11.3 Å². The van der Waals surface area contributed by atoms with Gasteiger partial charge in [0.1, 0.15) is 0 Å². The van der Waals surface area contributed by atoms with Gasteiger partial charge in [-0.2, -0.15) is 0 Å². The molecule has 0 bridgehead atoms. The van der Waals surface area contributed by atoms with Crippen LogP contribution in [0, 0.1) is 5.92 Å². The fourth-order valence-electron chi connectivity index (χ4n) is 3.53. The minimum atomic E-state index is 0.615. The van der Waals surface area contributed by atoms with Crippen LogP contribution in [0.1, 0.15) is 43.0 Å². The number of hydrogen-bond donors (Lipinski definition) is 1. The van der Waals surface area contributed by atoms with Crippen molar-refractivity contribution in [2.45, 2.75) is 44.2 Å². The Balaban J connectivity index is 1.69. The van der Waals surface area contributed by atoms with Gasteiger partial charge in [0.05, 0.1) is 0 Å². The Kier molecular flexibility index (Phi) is 4.02. The zero-order chi connectivity index (χ0) is 12.4. The molecule has 1 N–H and O–H groups in total. The Hall–Kier alpha value is -0.380. The number of likely N-dealkylation sites (tertiary alicyclic amines) is 1. The van der Waals surface area contributed by atoms with E-state index >= 15 is 0 Å². The number of hydrogen-bond acceptors (Lipinski definition) is 3. The van der Waals surface area contributed by atoms with E-state index in [2.05, 4.69) is 34.8 Å². The van der Waals surface area contributed by atoms with E-state index < -0.39 is 0 Å². The number of likely N-dealkylation sites (N-methyl/N-ethyl adjacent to an activating group) is 1. The lowest BCUT2D eigenvalue weighted by Gasteiger charge is -2.27. The van der Waals surface area contributed by atoms with Crippen molar-refractivity contribution in [3.8, 4) is 0 Å². The Labute approximate surface area is 114 Å². The Morgan fingerprint density at radius 3 is 2.78 bits per heavy atom. The fourth-order valence-corrected chi connectivity index (χ4v) is 4.41. The van der Waals surface area contributed by atoms with Crippen molar-refractivity contribution in [1.82, 2.24) is 10.2 Å². The van der Waals surface area contributed by atoms with Crippen LogP contribution in [-0.2, 0) is 0 Å². The first kappa shape index (κ1) is 12.6. The van der Waals surface area contributed by atoms with Gasteiger partial charge in [-0.05, 0) is 50.2 Å². The smallest absolute Gasteiger partial charge is 0.0445 e. The van der Waals surface area contributed by atoms with Gasteiger partial charge in [-0.15, -0.1) is 11.3 Å². The predicted molar refractivity (Wildman–Crippen MR) is 78.1 cm³/mol. The SMILES string of the molecule is CN1CCC(NC(c2cccs2)C2CCCC2)C1. The summed E-state index contributed by atoms with van der Waals surface area (Å²) in [6.07, 6.45) is 7.00. The van der Waals surface area contributed by atoms with Crippen LogP contribution < -0.4 is 5.32 Å². The Bertz CT molecular complexity index is 357. The summed E-state index contributed by atoms with van der Waals surface area (Å²) >= 11 is 1.93. The molecule has 1 saturated heterocycles. The number of rotatable bonds is 4. The molecule has 3 rings (SSSR count). The molecule has 2 nitrogen and oxygen atoms in total. The molecule has 100 valence electrons. The van der Waals surface area contributed by atoms with Crippen molar-refractivity contribution in [3.63, 3.8) is 0 Å². The van der Waals surface area contributed by atoms with Crippen LogP contribution in [0.2, 0.25) is 0 Å². The molecule has 0 spiro atoms. The summed E-state index contributed by atoms with van der Waals surface area (Å²) in [4.78, 5) is 3.99. The standard InChI is InChI=1S/C15H24N2S/c1-17-9-8-13(11-17)16-15(12-5-2-3-6-12)14-7-4-10-18-14/h4,7,10,12-13,15-16H,2-3,5-6,8-9,11H2,1H3. The van der Waals surface area contributed by atoms with Crippen LogP contribution in [0.4, 0.5) is 0 Å². The van der Waals surface area contributed by atoms with Crippen molar-refractivity contribution in [3.05, 3.63) is 22.4 Å². The minimum absolute atomic E-state index is 0.615. The number of nitrogens with zero attached hydrogens (tertiary/aromatic N) is 1. The van der Waals surface area contributed by atoms with Gasteiger partial charge < -0.3 is 10.2 Å². The van der Waals surface area contributed by atoms with Crippen LogP contribution in [0.3, 0.4) is 0 Å². The zero-order valence-electron chi connectivity index (χ0n) is 11.3. The molecule has 1 aliphatic heterocycles. The van der Waals surface area contributed by atoms with Gasteiger partial charge in [-0.1, -0.05) is 18.9 Å². The third-order valence-electron chi connectivity index (χ3n) is 4.53. The summed E-state index contributed by atoms with van der Waals surface area (Å²) in [6.45, 7) is 2.47. The second kappa shape index (κ2) is 5.72. The van der Waals surface area contributed by atoms with Crippen LogP contribution in [0.5, 0.6) is 0 Å². The average Bonchev–Trinajstić information content (AvgIpc) is 3.09. The maximum atomic E-state index is 3.96. The minimum Gasteiger partial charge on any atom is -0.305 e. The van der Waals surface area contributed by atoms with Gasteiger partial charge in [0.15, 0.2) is 0 Å². The highest BCUT2D eigenvalue weighted by atomic mass is 32.1. The average molecular weight is 264 g/mol. The summed E-state index contributed by atoms with van der Waals surface area (Å²) in [7, 11) is 2.23. The molecule has 0 aromatic carbocycles. The normalized spacial score (nSPS) is 27.9. The van der Waals surface area contributed by atoms with Crippen molar-refractivity contribution in [2.75, 3.05) is 20.1 Å². The van der Waals surface area contributed by atoms with E-state index in [1.165, 1.54) is 45.2 Å². The van der Waals surface area contributed by atoms with Gasteiger partial charge in [0.25, 0.3) is 0 Å². The highest BCUT2D eigenvalue weighted by Gasteiger charge is 2.30.